The van der Waals surface area contributed by atoms with Crippen LogP contribution in [0.3, 0.4) is 0 Å². The summed E-state index contributed by atoms with van der Waals surface area (Å²) in [5.74, 6) is -1.36. The van der Waals surface area contributed by atoms with Crippen LogP contribution in [0.15, 0.2) is 63.3 Å². The van der Waals surface area contributed by atoms with E-state index in [1.807, 2.05) is 0 Å². The van der Waals surface area contributed by atoms with Gasteiger partial charge in [-0.25, -0.2) is 13.2 Å². The molecule has 11 heteroatoms. The van der Waals surface area contributed by atoms with Crippen LogP contribution in [0.2, 0.25) is 0 Å². The smallest absolute Gasteiger partial charge is 0.413 e. The van der Waals surface area contributed by atoms with Crippen molar-refractivity contribution in [1.82, 2.24) is 5.32 Å². The van der Waals surface area contributed by atoms with Gasteiger partial charge in [-0.15, -0.1) is 0 Å². The number of hydrogen-bond donors (Lipinski definition) is 3. The van der Waals surface area contributed by atoms with Crippen molar-refractivity contribution in [2.24, 2.45) is 4.99 Å². The Balaban J connectivity index is 2.54. The van der Waals surface area contributed by atoms with E-state index >= 15 is 0 Å². The predicted octanol–water partition coefficient (Wildman–Crippen LogP) is 2.15. The molecule has 0 aromatic heterocycles. The van der Waals surface area contributed by atoms with E-state index in [-0.39, 0.29) is 27.1 Å². The fourth-order valence-corrected chi connectivity index (χ4v) is 3.66. The zero-order valence-corrected chi connectivity index (χ0v) is 17.2. The summed E-state index contributed by atoms with van der Waals surface area (Å²) < 4.78 is 30.3. The van der Waals surface area contributed by atoms with Gasteiger partial charge >= 0.3 is 6.09 Å². The first-order valence-corrected chi connectivity index (χ1v) is 10.0. The number of hydrogen-bond acceptors (Lipinski definition) is 6. The molecule has 30 heavy (non-hydrogen) atoms. The van der Waals surface area contributed by atoms with Crippen molar-refractivity contribution in [3.8, 4) is 0 Å². The van der Waals surface area contributed by atoms with Crippen LogP contribution < -0.4 is 16.0 Å². The number of aliphatic imine (C=N–C) groups is 1. The Labute approximate surface area is 173 Å². The molecular weight excluding hydrogens is 412 g/mol. The molecule has 0 heterocycles. The molecule has 0 saturated heterocycles. The fourth-order valence-electron chi connectivity index (χ4n) is 2.35. The summed E-state index contributed by atoms with van der Waals surface area (Å²) in [6, 6.07) is 11.7. The average Bonchev–Trinajstić information content (AvgIpc) is 2.68. The molecule has 3 amide bonds. The Morgan fingerprint density at radius 1 is 0.900 bits per heavy atom. The molecule has 0 radical (unpaired) electrons. The Kier molecular flexibility index (Phi) is 7.26. The number of amides is 3. The molecule has 0 aliphatic carbocycles. The van der Waals surface area contributed by atoms with Crippen molar-refractivity contribution in [2.45, 2.75) is 23.6 Å². The van der Waals surface area contributed by atoms with Crippen LogP contribution in [0.1, 0.15) is 13.8 Å². The fraction of sp³-hybridized carbons (Fsp3) is 0.158. The number of carbonyl (C=O) groups excluding carboxylic acids is 3. The number of carbonyl (C=O) groups is 3. The van der Waals surface area contributed by atoms with E-state index in [9.17, 15) is 22.8 Å². The first-order chi connectivity index (χ1) is 14.1. The highest BCUT2D eigenvalue weighted by molar-refractivity contribution is 7.91. The lowest BCUT2D eigenvalue weighted by atomic mass is 10.2. The van der Waals surface area contributed by atoms with Gasteiger partial charge in [0.15, 0.2) is 0 Å². The monoisotopic (exact) mass is 432 g/mol. The second-order valence-electron chi connectivity index (χ2n) is 5.93. The van der Waals surface area contributed by atoms with Gasteiger partial charge < -0.3 is 15.4 Å². The van der Waals surface area contributed by atoms with Crippen molar-refractivity contribution < 1.29 is 27.5 Å². The number of alkyl carbamates (subject to hydrolysis) is 1. The summed E-state index contributed by atoms with van der Waals surface area (Å²) in [5.41, 5.74) is 0.288. The highest BCUT2D eigenvalue weighted by Gasteiger charge is 2.20. The molecule has 0 spiro atoms. The highest BCUT2D eigenvalue weighted by Crippen LogP contribution is 2.29. The minimum atomic E-state index is -3.86. The van der Waals surface area contributed by atoms with Gasteiger partial charge in [0, 0.05) is 13.8 Å². The molecule has 0 unspecified atom stereocenters. The van der Waals surface area contributed by atoms with E-state index in [0.717, 1.165) is 14.0 Å². The van der Waals surface area contributed by atoms with E-state index in [2.05, 4.69) is 25.7 Å². The van der Waals surface area contributed by atoms with Crippen molar-refractivity contribution in [2.75, 3.05) is 17.7 Å². The standard InChI is InChI=1S/C19H20N4O6S/c1-12(24)20-16-10-9-15(30(27,28)14-7-5-4-6-8-14)11-17(16)22-18(21-13(2)25)23-19(26)29-3/h4-11H,1-3H3,(H,20,24)(H2,21,22,23,25,26). The molecule has 0 aliphatic rings. The predicted molar refractivity (Wildman–Crippen MR) is 110 cm³/mol. The lowest BCUT2D eigenvalue weighted by Crippen LogP contribution is -2.36. The SMILES string of the molecule is COC(=O)NC(=NC(C)=O)Nc1cc(S(=O)(=O)c2ccccc2)ccc1NC(C)=O. The topological polar surface area (TPSA) is 143 Å². The molecule has 158 valence electrons. The number of methoxy groups -OCH3 is 1. The van der Waals surface area contributed by atoms with Gasteiger partial charge in [0.25, 0.3) is 0 Å². The molecule has 0 aliphatic heterocycles. The summed E-state index contributed by atoms with van der Waals surface area (Å²) in [5, 5.41) is 7.40. The number of sulfone groups is 1. The van der Waals surface area contributed by atoms with Crippen molar-refractivity contribution in [3.05, 3.63) is 48.5 Å². The molecule has 0 atom stereocenters. The lowest BCUT2D eigenvalue weighted by Gasteiger charge is -2.16. The first-order valence-electron chi connectivity index (χ1n) is 8.56. The highest BCUT2D eigenvalue weighted by atomic mass is 32.2. The molecule has 2 aromatic carbocycles. The maximum absolute atomic E-state index is 12.9. The molecule has 0 fully saturated rings. The van der Waals surface area contributed by atoms with Crippen LogP contribution in [0.4, 0.5) is 16.2 Å². The number of anilines is 2. The van der Waals surface area contributed by atoms with Crippen LogP contribution in [0, 0.1) is 0 Å². The van der Waals surface area contributed by atoms with Gasteiger partial charge in [0.05, 0.1) is 28.3 Å². The molecule has 0 bridgehead atoms. The Bertz CT molecular complexity index is 1100. The zero-order valence-electron chi connectivity index (χ0n) is 16.4. The third kappa shape index (κ3) is 5.88. The molecule has 3 N–H and O–H groups in total. The van der Waals surface area contributed by atoms with Crippen molar-refractivity contribution in [1.29, 1.82) is 0 Å². The van der Waals surface area contributed by atoms with Crippen LogP contribution in [-0.2, 0) is 24.2 Å². The molecule has 2 rings (SSSR count). The van der Waals surface area contributed by atoms with E-state index in [4.69, 9.17) is 0 Å². The van der Waals surface area contributed by atoms with Gasteiger partial charge in [-0.05, 0) is 30.3 Å². The minimum Gasteiger partial charge on any atom is -0.453 e. The average molecular weight is 432 g/mol. The van der Waals surface area contributed by atoms with E-state index < -0.39 is 27.7 Å². The van der Waals surface area contributed by atoms with Gasteiger partial charge in [0.2, 0.25) is 27.6 Å². The summed E-state index contributed by atoms with van der Waals surface area (Å²) in [7, 11) is -2.74. The van der Waals surface area contributed by atoms with Gasteiger partial charge in [-0.1, -0.05) is 18.2 Å². The van der Waals surface area contributed by atoms with Crippen molar-refractivity contribution in [3.63, 3.8) is 0 Å². The largest absolute Gasteiger partial charge is 0.453 e. The summed E-state index contributed by atoms with van der Waals surface area (Å²) in [6.07, 6.45) is -0.906. The Morgan fingerprint density at radius 3 is 2.13 bits per heavy atom. The summed E-state index contributed by atoms with van der Waals surface area (Å²) >= 11 is 0. The van der Waals surface area contributed by atoms with Crippen LogP contribution in [0.5, 0.6) is 0 Å². The lowest BCUT2D eigenvalue weighted by molar-refractivity contribution is -0.116. The normalized spacial score (nSPS) is 11.4. The molecular formula is C19H20N4O6S. The third-order valence-corrected chi connectivity index (χ3v) is 5.36. The number of benzene rings is 2. The van der Waals surface area contributed by atoms with E-state index in [0.29, 0.717) is 0 Å². The summed E-state index contributed by atoms with van der Waals surface area (Å²) in [4.78, 5) is 38.1. The van der Waals surface area contributed by atoms with Crippen LogP contribution in [0.25, 0.3) is 0 Å². The maximum Gasteiger partial charge on any atom is 0.413 e. The van der Waals surface area contributed by atoms with E-state index in [1.54, 1.807) is 18.2 Å². The molecule has 10 nitrogen and oxygen atoms in total. The zero-order chi connectivity index (χ0) is 22.3. The number of guanidine groups is 1. The van der Waals surface area contributed by atoms with Gasteiger partial charge in [-0.3, -0.25) is 14.9 Å². The number of ether oxygens (including phenoxy) is 1. The molecule has 0 saturated carbocycles. The maximum atomic E-state index is 12.9. The quantitative estimate of drug-likeness (QED) is 0.496. The van der Waals surface area contributed by atoms with Crippen LogP contribution >= 0.6 is 0 Å². The first kappa shape index (κ1) is 22.6. The van der Waals surface area contributed by atoms with E-state index in [1.165, 1.54) is 37.3 Å². The third-order valence-electron chi connectivity index (χ3n) is 3.59. The summed E-state index contributed by atoms with van der Waals surface area (Å²) in [6.45, 7) is 2.43. The Hall–Kier alpha value is -3.73. The Morgan fingerprint density at radius 2 is 1.57 bits per heavy atom. The molecule has 2 aromatic rings. The van der Waals surface area contributed by atoms with Crippen molar-refractivity contribution >= 4 is 45.1 Å². The van der Waals surface area contributed by atoms with Crippen LogP contribution in [-0.4, -0.2) is 39.4 Å². The number of nitrogens with one attached hydrogen (secondary N) is 3. The minimum absolute atomic E-state index is 0.0774. The van der Waals surface area contributed by atoms with Gasteiger partial charge in [0.1, 0.15) is 0 Å². The number of rotatable bonds is 4. The second-order valence-corrected chi connectivity index (χ2v) is 7.88. The second kappa shape index (κ2) is 9.65. The number of nitrogens with zero attached hydrogens (tertiary/aromatic N) is 1. The van der Waals surface area contributed by atoms with Gasteiger partial charge in [-0.2, -0.15) is 4.99 Å².